The minimum Gasteiger partial charge on any atom is -0.495 e. The Morgan fingerprint density at radius 3 is 2.30 bits per heavy atom. The van der Waals surface area contributed by atoms with Crippen molar-refractivity contribution in [1.82, 2.24) is 5.32 Å². The summed E-state index contributed by atoms with van der Waals surface area (Å²) in [6.45, 7) is 4.20. The van der Waals surface area contributed by atoms with E-state index in [1.165, 1.54) is 0 Å². The molecule has 1 aromatic carbocycles. The molecule has 1 aromatic rings. The first-order valence-corrected chi connectivity index (χ1v) is 7.41. The summed E-state index contributed by atoms with van der Waals surface area (Å²) in [6.07, 6.45) is 0.877. The smallest absolute Gasteiger partial charge is 0.141 e. The highest BCUT2D eigenvalue weighted by Gasteiger charge is 2.35. The van der Waals surface area contributed by atoms with Gasteiger partial charge in [0.25, 0.3) is 0 Å². The Balaban J connectivity index is 3.39. The lowest BCUT2D eigenvalue weighted by Gasteiger charge is -2.36. The van der Waals surface area contributed by atoms with Crippen molar-refractivity contribution in [2.75, 3.05) is 28.4 Å². The van der Waals surface area contributed by atoms with Crippen LogP contribution < -0.4 is 14.8 Å². The second-order valence-corrected chi connectivity index (χ2v) is 5.59. The van der Waals surface area contributed by atoms with Crippen LogP contribution in [0, 0.1) is 0 Å². The summed E-state index contributed by atoms with van der Waals surface area (Å²) in [5, 5.41) is 3.33. The highest BCUT2D eigenvalue weighted by molar-refractivity contribution is 9.10. The van der Waals surface area contributed by atoms with E-state index < -0.39 is 0 Å². The molecule has 2 unspecified atom stereocenters. The second kappa shape index (κ2) is 7.29. The molecule has 20 heavy (non-hydrogen) atoms. The number of methoxy groups -OCH3 is 3. The van der Waals surface area contributed by atoms with E-state index in [0.717, 1.165) is 28.0 Å². The molecule has 1 N–H and O–H groups in total. The van der Waals surface area contributed by atoms with Crippen molar-refractivity contribution in [3.05, 3.63) is 22.2 Å². The molecule has 0 spiro atoms. The highest BCUT2D eigenvalue weighted by Crippen LogP contribution is 2.43. The van der Waals surface area contributed by atoms with Crippen LogP contribution in [0.2, 0.25) is 0 Å². The van der Waals surface area contributed by atoms with Gasteiger partial charge < -0.3 is 19.5 Å². The van der Waals surface area contributed by atoms with Gasteiger partial charge in [0.15, 0.2) is 0 Å². The van der Waals surface area contributed by atoms with Crippen LogP contribution in [-0.2, 0) is 4.74 Å². The standard InChI is InChI=1S/C15H24BrNO3/c1-7-15(2,20-6)14(17-3)10-8-9-11(18-4)12(16)13(10)19-5/h8-9,14,17H,7H2,1-6H3. The first-order valence-electron chi connectivity index (χ1n) is 6.61. The Bertz CT molecular complexity index is 447. The molecule has 0 radical (unpaired) electrons. The molecule has 0 amide bonds. The monoisotopic (exact) mass is 345 g/mol. The zero-order chi connectivity index (χ0) is 15.3. The molecule has 0 aliphatic carbocycles. The Labute approximate surface area is 129 Å². The first kappa shape index (κ1) is 17.3. The van der Waals surface area contributed by atoms with E-state index in [1.807, 2.05) is 19.2 Å². The molecule has 2 atom stereocenters. The van der Waals surface area contributed by atoms with Gasteiger partial charge in [0.2, 0.25) is 0 Å². The zero-order valence-electron chi connectivity index (χ0n) is 13.0. The van der Waals surface area contributed by atoms with Gasteiger partial charge in [-0.05, 0) is 48.5 Å². The predicted molar refractivity (Wildman–Crippen MR) is 84.8 cm³/mol. The average Bonchev–Trinajstić information content (AvgIpc) is 2.48. The van der Waals surface area contributed by atoms with Crippen molar-refractivity contribution >= 4 is 15.9 Å². The van der Waals surface area contributed by atoms with Crippen molar-refractivity contribution in [2.24, 2.45) is 0 Å². The number of hydrogen-bond acceptors (Lipinski definition) is 4. The lowest BCUT2D eigenvalue weighted by atomic mass is 9.87. The second-order valence-electron chi connectivity index (χ2n) is 4.80. The fourth-order valence-electron chi connectivity index (χ4n) is 2.40. The van der Waals surface area contributed by atoms with E-state index >= 15 is 0 Å². The third-order valence-electron chi connectivity index (χ3n) is 3.89. The molecular weight excluding hydrogens is 322 g/mol. The lowest BCUT2D eigenvalue weighted by molar-refractivity contribution is -0.0286. The predicted octanol–water partition coefficient (Wildman–Crippen LogP) is 3.54. The molecular formula is C15H24BrNO3. The minimum absolute atomic E-state index is 0.00894. The van der Waals surface area contributed by atoms with E-state index in [4.69, 9.17) is 14.2 Å². The van der Waals surface area contributed by atoms with Crippen LogP contribution >= 0.6 is 15.9 Å². The van der Waals surface area contributed by atoms with Crippen LogP contribution in [0.25, 0.3) is 0 Å². The van der Waals surface area contributed by atoms with Gasteiger partial charge in [0, 0.05) is 12.7 Å². The van der Waals surface area contributed by atoms with Crippen LogP contribution in [0.3, 0.4) is 0 Å². The van der Waals surface area contributed by atoms with E-state index in [9.17, 15) is 0 Å². The third kappa shape index (κ3) is 3.10. The fraction of sp³-hybridized carbons (Fsp3) is 0.600. The van der Waals surface area contributed by atoms with Gasteiger partial charge in [-0.1, -0.05) is 6.92 Å². The number of benzene rings is 1. The number of halogens is 1. The molecule has 1 rings (SSSR count). The summed E-state index contributed by atoms with van der Waals surface area (Å²) < 4.78 is 17.4. The quantitative estimate of drug-likeness (QED) is 0.820. The molecule has 0 aromatic heterocycles. The summed E-state index contributed by atoms with van der Waals surface area (Å²) in [7, 11) is 6.96. The van der Waals surface area contributed by atoms with E-state index in [1.54, 1.807) is 21.3 Å². The number of ether oxygens (including phenoxy) is 3. The molecule has 4 nitrogen and oxygen atoms in total. The van der Waals surface area contributed by atoms with Crippen LogP contribution in [0.15, 0.2) is 16.6 Å². The zero-order valence-corrected chi connectivity index (χ0v) is 14.6. The molecule has 0 bridgehead atoms. The van der Waals surface area contributed by atoms with Gasteiger partial charge in [-0.25, -0.2) is 0 Å². The SMILES string of the molecule is CCC(C)(OC)C(NC)c1ccc(OC)c(Br)c1OC. The molecule has 114 valence electrons. The molecule has 5 heteroatoms. The molecule has 0 aliphatic rings. The minimum atomic E-state index is -0.323. The summed E-state index contributed by atoms with van der Waals surface area (Å²) in [5.41, 5.74) is 0.713. The fourth-order valence-corrected chi connectivity index (χ4v) is 3.09. The highest BCUT2D eigenvalue weighted by atomic mass is 79.9. The maximum Gasteiger partial charge on any atom is 0.141 e. The maximum absolute atomic E-state index is 5.73. The molecule has 0 saturated heterocycles. The normalized spacial score (nSPS) is 15.6. The molecule has 0 heterocycles. The van der Waals surface area contributed by atoms with Crippen LogP contribution in [0.1, 0.15) is 31.9 Å². The number of rotatable bonds is 7. The summed E-state index contributed by atoms with van der Waals surface area (Å²) >= 11 is 3.54. The maximum atomic E-state index is 5.73. The Morgan fingerprint density at radius 1 is 1.25 bits per heavy atom. The van der Waals surface area contributed by atoms with E-state index in [2.05, 4.69) is 35.1 Å². The molecule has 0 saturated carbocycles. The molecule has 0 aliphatic heterocycles. The van der Waals surface area contributed by atoms with Crippen molar-refractivity contribution in [3.8, 4) is 11.5 Å². The Kier molecular flexibility index (Phi) is 6.30. The number of likely N-dealkylation sites (N-methyl/N-ethyl adjacent to an activating group) is 1. The largest absolute Gasteiger partial charge is 0.495 e. The molecule has 0 fully saturated rings. The van der Waals surface area contributed by atoms with Crippen LogP contribution in [0.5, 0.6) is 11.5 Å². The lowest BCUT2D eigenvalue weighted by Crippen LogP contribution is -2.41. The summed E-state index contributed by atoms with van der Waals surface area (Å²) in [6, 6.07) is 3.95. The van der Waals surface area contributed by atoms with Crippen molar-refractivity contribution < 1.29 is 14.2 Å². The van der Waals surface area contributed by atoms with Crippen LogP contribution in [-0.4, -0.2) is 34.0 Å². The van der Waals surface area contributed by atoms with Crippen molar-refractivity contribution in [3.63, 3.8) is 0 Å². The number of nitrogens with one attached hydrogen (secondary N) is 1. The van der Waals surface area contributed by atoms with Gasteiger partial charge in [0.1, 0.15) is 16.0 Å². The van der Waals surface area contributed by atoms with Gasteiger partial charge >= 0.3 is 0 Å². The summed E-state index contributed by atoms with van der Waals surface area (Å²) in [4.78, 5) is 0. The van der Waals surface area contributed by atoms with Gasteiger partial charge in [0.05, 0.1) is 25.9 Å². The van der Waals surface area contributed by atoms with Crippen molar-refractivity contribution in [1.29, 1.82) is 0 Å². The summed E-state index contributed by atoms with van der Waals surface area (Å²) in [5.74, 6) is 1.51. The van der Waals surface area contributed by atoms with Gasteiger partial charge in [-0.3, -0.25) is 0 Å². The van der Waals surface area contributed by atoms with Gasteiger partial charge in [-0.2, -0.15) is 0 Å². The first-order chi connectivity index (χ1) is 9.48. The van der Waals surface area contributed by atoms with E-state index in [-0.39, 0.29) is 11.6 Å². The topological polar surface area (TPSA) is 39.7 Å². The number of hydrogen-bond donors (Lipinski definition) is 1. The Hall–Kier alpha value is -0.780. The van der Waals surface area contributed by atoms with Crippen molar-refractivity contribution in [2.45, 2.75) is 31.9 Å². The third-order valence-corrected chi connectivity index (χ3v) is 4.65. The van der Waals surface area contributed by atoms with E-state index in [0.29, 0.717) is 0 Å². The average molecular weight is 346 g/mol. The Morgan fingerprint density at radius 2 is 1.90 bits per heavy atom. The van der Waals surface area contributed by atoms with Gasteiger partial charge in [-0.15, -0.1) is 0 Å². The van der Waals surface area contributed by atoms with Crippen LogP contribution in [0.4, 0.5) is 0 Å².